The maximum Gasteiger partial charge on any atom is 0.373 e. The molecule has 0 saturated carbocycles. The average molecular weight is 78.9 g/mol. The molecule has 0 saturated heterocycles. The second kappa shape index (κ2) is 4.09. The summed E-state index contributed by atoms with van der Waals surface area (Å²) in [5.41, 5.74) is 0. The van der Waals surface area contributed by atoms with Gasteiger partial charge in [-0.05, 0) is 0 Å². The monoisotopic (exact) mass is 79.0 g/mol. The topological polar surface area (TPSA) is 33.0 Å². The fourth-order valence-corrected chi connectivity index (χ4v) is 0.0697. The van der Waals surface area contributed by atoms with Crippen LogP contribution in [0.2, 0.25) is 0 Å². The van der Waals surface area contributed by atoms with Crippen LogP contribution in [0.15, 0.2) is 12.3 Å². The molecule has 2 radical (unpaired) electrons. The van der Waals surface area contributed by atoms with Crippen LogP contribution in [0.4, 0.5) is 0 Å². The van der Waals surface area contributed by atoms with Gasteiger partial charge >= 0.3 is 8.05 Å². The first-order chi connectivity index (χ1) is 2.91. The van der Waals surface area contributed by atoms with Crippen molar-refractivity contribution in [3.63, 3.8) is 0 Å². The normalized spacial score (nSPS) is 7.83. The van der Waals surface area contributed by atoms with E-state index in [1.807, 2.05) is 0 Å². The lowest BCUT2D eigenvalue weighted by Crippen LogP contribution is -1.63. The third-order valence-corrected chi connectivity index (χ3v) is 0.221. The highest BCUT2D eigenvalue weighted by atomic mass is 16.4. The van der Waals surface area contributed by atoms with Crippen LogP contribution in [0.25, 0.3) is 0 Å². The van der Waals surface area contributed by atoms with Crippen molar-refractivity contribution in [2.24, 2.45) is 0 Å². The molecule has 0 bridgehead atoms. The molecular formula is C3H2BNO. The Kier molecular flexibility index (Phi) is 3.48. The van der Waals surface area contributed by atoms with Crippen molar-refractivity contribution in [2.45, 2.75) is 0 Å². The van der Waals surface area contributed by atoms with Gasteiger partial charge in [0.1, 0.15) is 0 Å². The number of rotatable bonds is 1. The molecule has 0 aromatic heterocycles. The molecule has 0 amide bonds. The molecule has 0 aromatic carbocycles. The summed E-state index contributed by atoms with van der Waals surface area (Å²) in [4.78, 5) is 0. The number of hydrogen-bond donors (Lipinski definition) is 0. The van der Waals surface area contributed by atoms with E-state index in [1.165, 1.54) is 0 Å². The van der Waals surface area contributed by atoms with E-state index in [0.717, 1.165) is 12.3 Å². The van der Waals surface area contributed by atoms with Gasteiger partial charge in [0.2, 0.25) is 0 Å². The minimum absolute atomic E-state index is 1.10. The summed E-state index contributed by atoms with van der Waals surface area (Å²) in [6, 6.07) is 1.68. The Morgan fingerprint density at radius 2 is 2.50 bits per heavy atom. The van der Waals surface area contributed by atoms with E-state index < -0.39 is 0 Å². The molecule has 6 heavy (non-hydrogen) atoms. The van der Waals surface area contributed by atoms with E-state index in [2.05, 4.69) is 12.7 Å². The number of nitriles is 1. The minimum Gasteiger partial charge on any atom is -0.572 e. The lowest BCUT2D eigenvalue weighted by Gasteiger charge is -1.75. The van der Waals surface area contributed by atoms with E-state index in [1.54, 1.807) is 6.07 Å². The van der Waals surface area contributed by atoms with Crippen LogP contribution in [0, 0.1) is 11.3 Å². The SMILES string of the molecule is [B]O/C=C/C#N. The maximum atomic E-state index is 7.72. The fourth-order valence-electron chi connectivity index (χ4n) is 0.0697. The zero-order valence-electron chi connectivity index (χ0n) is 3.09. The predicted molar refractivity (Wildman–Crippen MR) is 21.6 cm³/mol. The zero-order valence-corrected chi connectivity index (χ0v) is 3.09. The van der Waals surface area contributed by atoms with E-state index in [9.17, 15) is 0 Å². The van der Waals surface area contributed by atoms with Crippen LogP contribution in [0.1, 0.15) is 0 Å². The highest BCUT2D eigenvalue weighted by Crippen LogP contribution is 1.63. The van der Waals surface area contributed by atoms with E-state index in [0.29, 0.717) is 0 Å². The van der Waals surface area contributed by atoms with Gasteiger partial charge in [-0.15, -0.1) is 0 Å². The van der Waals surface area contributed by atoms with Crippen LogP contribution in [-0.4, -0.2) is 8.05 Å². The fraction of sp³-hybridized carbons (Fsp3) is 0. The molecule has 0 heterocycles. The summed E-state index contributed by atoms with van der Waals surface area (Å²) >= 11 is 0. The molecule has 0 aliphatic heterocycles. The van der Waals surface area contributed by atoms with E-state index in [4.69, 9.17) is 5.26 Å². The van der Waals surface area contributed by atoms with Crippen molar-refractivity contribution in [1.29, 1.82) is 5.26 Å². The van der Waals surface area contributed by atoms with Crippen molar-refractivity contribution in [3.8, 4) is 6.07 Å². The second-order valence-electron chi connectivity index (χ2n) is 0.568. The molecule has 2 nitrogen and oxygen atoms in total. The lowest BCUT2D eigenvalue weighted by molar-refractivity contribution is 0.535. The molecular weight excluding hydrogens is 76.9 g/mol. The summed E-state index contributed by atoms with van der Waals surface area (Å²) in [5, 5.41) is 7.72. The summed E-state index contributed by atoms with van der Waals surface area (Å²) < 4.78 is 3.88. The molecule has 0 aromatic rings. The second-order valence-corrected chi connectivity index (χ2v) is 0.568. The first-order valence-electron chi connectivity index (χ1n) is 1.32. The van der Waals surface area contributed by atoms with Crippen LogP contribution in [-0.2, 0) is 4.65 Å². The molecule has 0 unspecified atom stereocenters. The number of nitrogens with zero attached hydrogens (tertiary/aromatic N) is 1. The average Bonchev–Trinajstić information content (AvgIpc) is 1.61. The standard InChI is InChI=1S/C3H2BNO/c4-6-3-1-2-5/h1,3H/b3-1+. The van der Waals surface area contributed by atoms with Gasteiger partial charge in [-0.1, -0.05) is 0 Å². The summed E-state index contributed by atoms with van der Waals surface area (Å²) in [6.07, 6.45) is 2.24. The zero-order chi connectivity index (χ0) is 4.83. The van der Waals surface area contributed by atoms with Crippen molar-refractivity contribution in [2.75, 3.05) is 0 Å². The predicted octanol–water partition coefficient (Wildman–Crippen LogP) is 0.124. The smallest absolute Gasteiger partial charge is 0.373 e. The van der Waals surface area contributed by atoms with Crippen LogP contribution >= 0.6 is 0 Å². The molecule has 28 valence electrons. The van der Waals surface area contributed by atoms with Gasteiger partial charge in [-0.2, -0.15) is 5.26 Å². The third-order valence-electron chi connectivity index (χ3n) is 0.221. The van der Waals surface area contributed by atoms with E-state index >= 15 is 0 Å². The highest BCUT2D eigenvalue weighted by molar-refractivity contribution is 5.98. The van der Waals surface area contributed by atoms with E-state index in [-0.39, 0.29) is 0 Å². The Balaban J connectivity index is 3.02. The van der Waals surface area contributed by atoms with Gasteiger partial charge in [-0.3, -0.25) is 0 Å². The quantitative estimate of drug-likeness (QED) is 0.254. The van der Waals surface area contributed by atoms with Gasteiger partial charge in [0.15, 0.2) is 0 Å². The largest absolute Gasteiger partial charge is 0.572 e. The van der Waals surface area contributed by atoms with Crippen molar-refractivity contribution < 1.29 is 4.65 Å². The minimum atomic E-state index is 1.10. The molecule has 0 rings (SSSR count). The molecule has 0 aliphatic carbocycles. The maximum absolute atomic E-state index is 7.72. The molecule has 3 heteroatoms. The van der Waals surface area contributed by atoms with Crippen molar-refractivity contribution >= 4 is 8.05 Å². The molecule has 0 fully saturated rings. The van der Waals surface area contributed by atoms with Crippen LogP contribution < -0.4 is 0 Å². The summed E-state index contributed by atoms with van der Waals surface area (Å²) in [6.45, 7) is 0. The molecule has 0 atom stereocenters. The summed E-state index contributed by atoms with van der Waals surface area (Å²) in [7, 11) is 4.48. The molecule has 0 aliphatic rings. The Morgan fingerprint density at radius 3 is 2.67 bits per heavy atom. The Hall–Kier alpha value is -0.905. The first kappa shape index (κ1) is 5.09. The van der Waals surface area contributed by atoms with Gasteiger partial charge in [0.25, 0.3) is 0 Å². The Labute approximate surface area is 37.5 Å². The van der Waals surface area contributed by atoms with Gasteiger partial charge in [0, 0.05) is 6.08 Å². The first-order valence-corrected chi connectivity index (χ1v) is 1.32. The van der Waals surface area contributed by atoms with Gasteiger partial charge < -0.3 is 4.65 Å². The van der Waals surface area contributed by atoms with Crippen molar-refractivity contribution in [1.82, 2.24) is 0 Å². The van der Waals surface area contributed by atoms with Gasteiger partial charge in [-0.25, -0.2) is 0 Å². The number of allylic oxidation sites excluding steroid dienone is 1. The number of hydrogen-bond acceptors (Lipinski definition) is 2. The highest BCUT2D eigenvalue weighted by Gasteiger charge is 1.56. The van der Waals surface area contributed by atoms with Crippen LogP contribution in [0.5, 0.6) is 0 Å². The Morgan fingerprint density at radius 1 is 1.83 bits per heavy atom. The Bertz CT molecular complexity index is 83.3. The summed E-state index contributed by atoms with van der Waals surface area (Å²) in [5.74, 6) is 0. The van der Waals surface area contributed by atoms with Crippen LogP contribution in [0.3, 0.4) is 0 Å². The third kappa shape index (κ3) is 3.09. The molecule has 0 N–H and O–H groups in total. The lowest BCUT2D eigenvalue weighted by atomic mass is 10.6. The molecule has 0 spiro atoms. The van der Waals surface area contributed by atoms with Crippen molar-refractivity contribution in [3.05, 3.63) is 12.3 Å². The van der Waals surface area contributed by atoms with Gasteiger partial charge in [0.05, 0.1) is 12.3 Å².